The molecule has 19 rings (SSSR count). The number of para-hydroxylation sites is 1. The summed E-state index contributed by atoms with van der Waals surface area (Å²) < 4.78 is 6.11. The van der Waals surface area contributed by atoms with Gasteiger partial charge in [-0.2, -0.15) is 0 Å². The van der Waals surface area contributed by atoms with Gasteiger partial charge in [0.2, 0.25) is 0 Å². The Morgan fingerprint density at radius 1 is 0.161 bits per heavy atom. The van der Waals surface area contributed by atoms with E-state index >= 15 is 0 Å². The van der Waals surface area contributed by atoms with Crippen LogP contribution in [0, 0.1) is 0 Å². The molecule has 0 atom stereocenters. The van der Waals surface area contributed by atoms with Gasteiger partial charge in [0.05, 0.1) is 0 Å². The van der Waals surface area contributed by atoms with Crippen LogP contribution in [0.25, 0.3) is 188 Å². The zero-order valence-electron chi connectivity index (χ0n) is 50.1. The first-order chi connectivity index (χ1) is 46.0. The predicted octanol–water partition coefficient (Wildman–Crippen LogP) is 22.5. The quantitative estimate of drug-likeness (QED) is 0.147. The first-order valence-corrected chi connectivity index (χ1v) is 31.3. The van der Waals surface area contributed by atoms with Gasteiger partial charge in [-0.25, -0.2) is 29.9 Å². The molecule has 3 aromatic heterocycles. The predicted molar refractivity (Wildman–Crippen MR) is 385 cm³/mol. The molecule has 0 radical (unpaired) electrons. The van der Waals surface area contributed by atoms with Gasteiger partial charge >= 0.3 is 0 Å². The molecule has 3 heterocycles. The molecule has 0 aliphatic heterocycles. The summed E-state index contributed by atoms with van der Waals surface area (Å²) >= 11 is 0. The van der Waals surface area contributed by atoms with E-state index in [1.165, 1.54) is 70.0 Å². The summed E-state index contributed by atoms with van der Waals surface area (Å²) in [6.45, 7) is 0. The summed E-state index contributed by atoms with van der Waals surface area (Å²) in [4.78, 5) is 30.2. The van der Waals surface area contributed by atoms with Crippen molar-refractivity contribution in [3.05, 3.63) is 315 Å². The molecule has 0 N–H and O–H groups in total. The lowest BCUT2D eigenvalue weighted by Crippen LogP contribution is -2.00. The first kappa shape index (κ1) is 53.4. The minimum atomic E-state index is 0.621. The lowest BCUT2D eigenvalue weighted by Gasteiger charge is -2.14. The number of benzene rings is 16. The molecule has 7 nitrogen and oxygen atoms in total. The van der Waals surface area contributed by atoms with Crippen molar-refractivity contribution in [2.45, 2.75) is 0 Å². The van der Waals surface area contributed by atoms with Crippen LogP contribution in [0.15, 0.2) is 320 Å². The average molecular weight is 1190 g/mol. The number of hydrogen-bond donors (Lipinski definition) is 0. The number of rotatable bonds is 7. The van der Waals surface area contributed by atoms with E-state index in [2.05, 4.69) is 224 Å². The first-order valence-electron chi connectivity index (χ1n) is 31.3. The highest BCUT2D eigenvalue weighted by atomic mass is 16.3. The van der Waals surface area contributed by atoms with E-state index in [0.29, 0.717) is 34.9 Å². The van der Waals surface area contributed by atoms with Crippen LogP contribution in [0.1, 0.15) is 0 Å². The summed E-state index contributed by atoms with van der Waals surface area (Å²) in [6, 6.07) is 111. The second kappa shape index (κ2) is 22.2. The van der Waals surface area contributed by atoms with Crippen LogP contribution in [0.5, 0.6) is 0 Å². The molecule has 93 heavy (non-hydrogen) atoms. The molecule has 0 amide bonds. The van der Waals surface area contributed by atoms with Crippen LogP contribution in [0.4, 0.5) is 0 Å². The van der Waals surface area contributed by atoms with Crippen molar-refractivity contribution in [2.75, 3.05) is 0 Å². The third kappa shape index (κ3) is 9.62. The Morgan fingerprint density at radius 3 is 1.08 bits per heavy atom. The van der Waals surface area contributed by atoms with Crippen LogP contribution in [-0.2, 0) is 0 Å². The highest BCUT2D eigenvalue weighted by molar-refractivity contribution is 6.19. The van der Waals surface area contributed by atoms with Gasteiger partial charge in [0.15, 0.2) is 34.9 Å². The van der Waals surface area contributed by atoms with Crippen LogP contribution in [0.3, 0.4) is 0 Å². The van der Waals surface area contributed by atoms with Crippen molar-refractivity contribution in [1.82, 2.24) is 29.9 Å². The van der Waals surface area contributed by atoms with E-state index in [9.17, 15) is 0 Å². The standard InChI is InChI=1S/C43H25N3O.C43H27N3/c1-2-9-28-23-30(14-13-26(28)7-1)41-44-42(46-43(45-41)32-18-22-40-38(25-32)37-11-5-6-12-39(37)47-40)31-17-19-34-29(24-31)16-21-35-33-10-4-3-8-27(33)15-20-36(34)35;1-3-12-29(13-4-1)41-44-42(30-14-5-2-6-15-30)46-43(45-41)34-26-31-16-8-10-18-36(31)40(27-34)33-20-22-37-32(25-33)21-24-38-35-17-9-7-11-28(35)19-23-39(37)38/h1-25H;1-27H. The highest BCUT2D eigenvalue weighted by Crippen LogP contribution is 2.40. The fourth-order valence-corrected chi connectivity index (χ4v) is 13.5. The number of nitrogens with zero attached hydrogens (tertiary/aromatic N) is 6. The summed E-state index contributed by atoms with van der Waals surface area (Å²) in [5.74, 6) is 3.86. The highest BCUT2D eigenvalue weighted by Gasteiger charge is 2.19. The molecule has 0 spiro atoms. The number of furan rings is 1. The lowest BCUT2D eigenvalue weighted by atomic mass is 9.92. The monoisotopic (exact) mass is 1180 g/mol. The molecule has 0 aliphatic rings. The zero-order chi connectivity index (χ0) is 61.3. The number of hydrogen-bond acceptors (Lipinski definition) is 7. The van der Waals surface area contributed by atoms with Gasteiger partial charge < -0.3 is 4.42 Å². The Bertz CT molecular complexity index is 6140. The molecule has 7 heteroatoms. The fourth-order valence-electron chi connectivity index (χ4n) is 13.5. The molecular weight excluding hydrogens is 1130 g/mol. The third-order valence-electron chi connectivity index (χ3n) is 18.2. The zero-order valence-corrected chi connectivity index (χ0v) is 50.1. The summed E-state index contributed by atoms with van der Waals surface area (Å²) in [7, 11) is 0. The van der Waals surface area contributed by atoms with Crippen molar-refractivity contribution in [3.63, 3.8) is 0 Å². The molecule has 432 valence electrons. The van der Waals surface area contributed by atoms with E-state index in [0.717, 1.165) is 82.6 Å². The Hall–Kier alpha value is -12.6. The van der Waals surface area contributed by atoms with Crippen LogP contribution in [0.2, 0.25) is 0 Å². The Morgan fingerprint density at radius 2 is 0.495 bits per heavy atom. The second-order valence-corrected chi connectivity index (χ2v) is 23.7. The molecule has 0 fully saturated rings. The maximum Gasteiger partial charge on any atom is 0.164 e. The van der Waals surface area contributed by atoms with Gasteiger partial charge in [0, 0.05) is 44.2 Å². The van der Waals surface area contributed by atoms with Crippen molar-refractivity contribution < 1.29 is 4.42 Å². The van der Waals surface area contributed by atoms with E-state index in [4.69, 9.17) is 34.3 Å². The summed E-state index contributed by atoms with van der Waals surface area (Å²) in [5.41, 5.74) is 9.68. The maximum absolute atomic E-state index is 6.11. The largest absolute Gasteiger partial charge is 0.456 e. The fraction of sp³-hybridized carbons (Fsp3) is 0. The van der Waals surface area contributed by atoms with Gasteiger partial charge in [-0.1, -0.05) is 261 Å². The van der Waals surface area contributed by atoms with E-state index in [1.54, 1.807) is 0 Å². The van der Waals surface area contributed by atoms with Crippen molar-refractivity contribution in [2.24, 2.45) is 0 Å². The Kier molecular flexibility index (Phi) is 12.7. The maximum atomic E-state index is 6.11. The SMILES string of the molecule is c1ccc(-c2nc(-c3ccccc3)nc(-c3cc(-c4ccc5c(ccc6c7ccccc7ccc56)c4)c4ccccc4c3)n2)cc1.c1ccc2cc(-c3nc(-c4ccc5c(ccc6c7ccccc7ccc56)c4)nc(-c4ccc5oc6ccccc6c5c4)n3)ccc2c1. The molecule has 0 unspecified atom stereocenters. The van der Waals surface area contributed by atoms with Crippen molar-refractivity contribution >= 4 is 108 Å². The van der Waals surface area contributed by atoms with Gasteiger partial charge in [-0.15, -0.1) is 0 Å². The smallest absolute Gasteiger partial charge is 0.164 e. The molecular formula is C86H52N6O. The number of fused-ring (bicyclic) bond motifs is 15. The molecule has 16 aromatic carbocycles. The van der Waals surface area contributed by atoms with Crippen molar-refractivity contribution in [1.29, 1.82) is 0 Å². The van der Waals surface area contributed by atoms with Gasteiger partial charge in [0.25, 0.3) is 0 Å². The molecule has 0 saturated carbocycles. The summed E-state index contributed by atoms with van der Waals surface area (Å²) in [6.07, 6.45) is 0. The van der Waals surface area contributed by atoms with Crippen molar-refractivity contribution in [3.8, 4) is 79.5 Å². The van der Waals surface area contributed by atoms with Gasteiger partial charge in [-0.05, 0) is 152 Å². The number of aromatic nitrogens is 6. The normalized spacial score (nSPS) is 11.7. The Balaban J connectivity index is 0.000000137. The van der Waals surface area contributed by atoms with E-state index in [-0.39, 0.29) is 0 Å². The van der Waals surface area contributed by atoms with Crippen LogP contribution in [-0.4, -0.2) is 29.9 Å². The van der Waals surface area contributed by atoms with Crippen LogP contribution < -0.4 is 0 Å². The molecule has 0 aliphatic carbocycles. The van der Waals surface area contributed by atoms with E-state index < -0.39 is 0 Å². The van der Waals surface area contributed by atoms with Gasteiger partial charge in [0.1, 0.15) is 11.2 Å². The Labute approximate surface area is 534 Å². The second-order valence-electron chi connectivity index (χ2n) is 23.7. The lowest BCUT2D eigenvalue weighted by molar-refractivity contribution is 0.669. The minimum Gasteiger partial charge on any atom is -0.456 e. The average Bonchev–Trinajstić information content (AvgIpc) is 1.31. The molecule has 0 saturated heterocycles. The van der Waals surface area contributed by atoms with E-state index in [1.807, 2.05) is 91.0 Å². The third-order valence-corrected chi connectivity index (χ3v) is 18.2. The summed E-state index contributed by atoms with van der Waals surface area (Å²) in [5, 5.41) is 21.7. The van der Waals surface area contributed by atoms with Crippen LogP contribution >= 0.6 is 0 Å². The molecule has 0 bridgehead atoms. The molecule has 19 aromatic rings. The minimum absolute atomic E-state index is 0.621. The van der Waals surface area contributed by atoms with Gasteiger partial charge in [-0.3, -0.25) is 0 Å². The topological polar surface area (TPSA) is 90.5 Å².